The Bertz CT molecular complexity index is 688. The Kier molecular flexibility index (Phi) is 4.54. The fraction of sp³-hybridized carbons (Fsp3) is 0.235. The van der Waals surface area contributed by atoms with Gasteiger partial charge in [-0.3, -0.25) is 0 Å². The van der Waals surface area contributed by atoms with Gasteiger partial charge in [-0.25, -0.2) is 4.98 Å². The maximum absolute atomic E-state index is 5.95. The van der Waals surface area contributed by atoms with E-state index in [1.165, 1.54) is 10.3 Å². The lowest BCUT2D eigenvalue weighted by Crippen LogP contribution is -2.22. The SMILES string of the molecule is CCNC(Cc1ccc(Cl)cc1)c1nc2ccccc2s1. The van der Waals surface area contributed by atoms with Gasteiger partial charge in [-0.1, -0.05) is 42.8 Å². The van der Waals surface area contributed by atoms with E-state index >= 15 is 0 Å². The van der Waals surface area contributed by atoms with Gasteiger partial charge in [0.2, 0.25) is 0 Å². The van der Waals surface area contributed by atoms with E-state index in [1.54, 1.807) is 11.3 Å². The Morgan fingerprint density at radius 1 is 1.14 bits per heavy atom. The Labute approximate surface area is 133 Å². The normalized spacial score (nSPS) is 12.7. The zero-order valence-corrected chi connectivity index (χ0v) is 13.4. The summed E-state index contributed by atoms with van der Waals surface area (Å²) in [4.78, 5) is 4.78. The average molecular weight is 317 g/mol. The number of nitrogens with zero attached hydrogens (tertiary/aromatic N) is 1. The van der Waals surface area contributed by atoms with Crippen LogP contribution in [0.4, 0.5) is 0 Å². The predicted octanol–water partition coefficient (Wildman–Crippen LogP) is 4.84. The summed E-state index contributed by atoms with van der Waals surface area (Å²) in [5.74, 6) is 0. The maximum atomic E-state index is 5.95. The molecule has 2 aromatic carbocycles. The van der Waals surface area contributed by atoms with Gasteiger partial charge in [-0.15, -0.1) is 11.3 Å². The second kappa shape index (κ2) is 6.56. The monoisotopic (exact) mass is 316 g/mol. The molecule has 3 rings (SSSR count). The molecule has 0 saturated heterocycles. The lowest BCUT2D eigenvalue weighted by atomic mass is 10.1. The fourth-order valence-electron chi connectivity index (χ4n) is 2.39. The number of hydrogen-bond donors (Lipinski definition) is 1. The number of para-hydroxylation sites is 1. The molecule has 1 unspecified atom stereocenters. The number of nitrogens with one attached hydrogen (secondary N) is 1. The number of halogens is 1. The molecule has 4 heteroatoms. The summed E-state index contributed by atoms with van der Waals surface area (Å²) < 4.78 is 1.24. The Balaban J connectivity index is 1.87. The molecular weight excluding hydrogens is 300 g/mol. The first kappa shape index (κ1) is 14.5. The summed E-state index contributed by atoms with van der Waals surface area (Å²) in [7, 11) is 0. The molecule has 21 heavy (non-hydrogen) atoms. The number of likely N-dealkylation sites (N-methyl/N-ethyl adjacent to an activating group) is 1. The summed E-state index contributed by atoms with van der Waals surface area (Å²) in [6.45, 7) is 3.05. The molecule has 0 spiro atoms. The minimum atomic E-state index is 0.244. The highest BCUT2D eigenvalue weighted by molar-refractivity contribution is 7.18. The van der Waals surface area contributed by atoms with Crippen molar-refractivity contribution in [1.29, 1.82) is 0 Å². The molecule has 1 aromatic heterocycles. The van der Waals surface area contributed by atoms with Crippen LogP contribution in [0, 0.1) is 0 Å². The second-order valence-corrected chi connectivity index (χ2v) is 6.46. The largest absolute Gasteiger partial charge is 0.308 e. The van der Waals surface area contributed by atoms with Gasteiger partial charge < -0.3 is 5.32 Å². The summed E-state index contributed by atoms with van der Waals surface area (Å²) >= 11 is 7.72. The van der Waals surface area contributed by atoms with Crippen LogP contribution in [0.5, 0.6) is 0 Å². The Morgan fingerprint density at radius 2 is 1.90 bits per heavy atom. The zero-order chi connectivity index (χ0) is 14.7. The van der Waals surface area contributed by atoms with Gasteiger partial charge in [0.05, 0.1) is 16.3 Å². The second-order valence-electron chi connectivity index (χ2n) is 4.96. The van der Waals surface area contributed by atoms with Crippen molar-refractivity contribution >= 4 is 33.2 Å². The van der Waals surface area contributed by atoms with Gasteiger partial charge in [0.15, 0.2) is 0 Å². The molecular formula is C17H17ClN2S. The lowest BCUT2D eigenvalue weighted by molar-refractivity contribution is 0.548. The predicted molar refractivity (Wildman–Crippen MR) is 91.2 cm³/mol. The van der Waals surface area contributed by atoms with Crippen LogP contribution < -0.4 is 5.32 Å². The van der Waals surface area contributed by atoms with E-state index in [2.05, 4.69) is 42.6 Å². The fourth-order valence-corrected chi connectivity index (χ4v) is 3.56. The van der Waals surface area contributed by atoms with Crippen molar-refractivity contribution in [2.75, 3.05) is 6.54 Å². The minimum Gasteiger partial charge on any atom is -0.308 e. The Morgan fingerprint density at radius 3 is 2.62 bits per heavy atom. The van der Waals surface area contributed by atoms with E-state index in [1.807, 2.05) is 18.2 Å². The van der Waals surface area contributed by atoms with Gasteiger partial charge in [0.25, 0.3) is 0 Å². The molecule has 2 nitrogen and oxygen atoms in total. The third kappa shape index (κ3) is 3.43. The van der Waals surface area contributed by atoms with E-state index in [9.17, 15) is 0 Å². The number of aromatic nitrogens is 1. The molecule has 0 aliphatic rings. The molecule has 1 heterocycles. The molecule has 0 aliphatic heterocycles. The average Bonchev–Trinajstić information content (AvgIpc) is 2.93. The molecule has 0 aliphatic carbocycles. The summed E-state index contributed by atoms with van der Waals surface area (Å²) in [6.07, 6.45) is 0.921. The van der Waals surface area contributed by atoms with Crippen LogP contribution >= 0.6 is 22.9 Å². The van der Waals surface area contributed by atoms with E-state index in [4.69, 9.17) is 16.6 Å². The van der Waals surface area contributed by atoms with Crippen LogP contribution in [0.25, 0.3) is 10.2 Å². The maximum Gasteiger partial charge on any atom is 0.111 e. The van der Waals surface area contributed by atoms with Crippen molar-refractivity contribution in [3.05, 3.63) is 64.1 Å². The van der Waals surface area contributed by atoms with Crippen LogP contribution in [0.15, 0.2) is 48.5 Å². The van der Waals surface area contributed by atoms with E-state index in [0.717, 1.165) is 28.5 Å². The molecule has 0 bridgehead atoms. The molecule has 0 fully saturated rings. The smallest absolute Gasteiger partial charge is 0.111 e. The van der Waals surface area contributed by atoms with Crippen LogP contribution in [0.1, 0.15) is 23.5 Å². The number of rotatable bonds is 5. The van der Waals surface area contributed by atoms with Crippen molar-refractivity contribution in [2.24, 2.45) is 0 Å². The first-order valence-electron chi connectivity index (χ1n) is 7.09. The van der Waals surface area contributed by atoms with E-state index < -0.39 is 0 Å². The van der Waals surface area contributed by atoms with Gasteiger partial charge in [-0.05, 0) is 42.8 Å². The van der Waals surface area contributed by atoms with Crippen LogP contribution in [0.2, 0.25) is 5.02 Å². The molecule has 1 atom stereocenters. The van der Waals surface area contributed by atoms with Gasteiger partial charge in [-0.2, -0.15) is 0 Å². The topological polar surface area (TPSA) is 24.9 Å². The van der Waals surface area contributed by atoms with Crippen molar-refractivity contribution < 1.29 is 0 Å². The first-order valence-corrected chi connectivity index (χ1v) is 8.29. The Hall–Kier alpha value is -1.42. The van der Waals surface area contributed by atoms with E-state index in [-0.39, 0.29) is 6.04 Å². The van der Waals surface area contributed by atoms with Crippen molar-refractivity contribution in [1.82, 2.24) is 10.3 Å². The minimum absolute atomic E-state index is 0.244. The van der Waals surface area contributed by atoms with Gasteiger partial charge in [0.1, 0.15) is 5.01 Å². The van der Waals surface area contributed by atoms with E-state index in [0.29, 0.717) is 0 Å². The summed E-state index contributed by atoms with van der Waals surface area (Å²) in [5, 5.41) is 5.46. The highest BCUT2D eigenvalue weighted by atomic mass is 35.5. The van der Waals surface area contributed by atoms with Crippen LogP contribution in [-0.4, -0.2) is 11.5 Å². The van der Waals surface area contributed by atoms with Crippen LogP contribution in [0.3, 0.4) is 0 Å². The lowest BCUT2D eigenvalue weighted by Gasteiger charge is -2.15. The van der Waals surface area contributed by atoms with Crippen molar-refractivity contribution in [3.63, 3.8) is 0 Å². The highest BCUT2D eigenvalue weighted by Gasteiger charge is 2.16. The highest BCUT2D eigenvalue weighted by Crippen LogP contribution is 2.28. The van der Waals surface area contributed by atoms with Crippen molar-refractivity contribution in [3.8, 4) is 0 Å². The third-order valence-corrected chi connectivity index (χ3v) is 4.81. The number of thiazole rings is 1. The summed E-state index contributed by atoms with van der Waals surface area (Å²) in [6, 6.07) is 16.6. The van der Waals surface area contributed by atoms with Crippen LogP contribution in [-0.2, 0) is 6.42 Å². The van der Waals surface area contributed by atoms with Crippen molar-refractivity contribution in [2.45, 2.75) is 19.4 Å². The number of hydrogen-bond acceptors (Lipinski definition) is 3. The molecule has 108 valence electrons. The standard InChI is InChI=1S/C17H17ClN2S/c1-2-19-15(11-12-7-9-13(18)10-8-12)17-20-14-5-3-4-6-16(14)21-17/h3-10,15,19H,2,11H2,1H3. The zero-order valence-electron chi connectivity index (χ0n) is 11.8. The molecule has 0 saturated carbocycles. The molecule has 0 radical (unpaired) electrons. The third-order valence-electron chi connectivity index (χ3n) is 3.41. The van der Waals surface area contributed by atoms with Gasteiger partial charge in [0, 0.05) is 5.02 Å². The molecule has 3 aromatic rings. The summed E-state index contributed by atoms with van der Waals surface area (Å²) in [5.41, 5.74) is 2.35. The molecule has 1 N–H and O–H groups in total. The van der Waals surface area contributed by atoms with Gasteiger partial charge >= 0.3 is 0 Å². The number of benzene rings is 2. The first-order chi connectivity index (χ1) is 10.3. The quantitative estimate of drug-likeness (QED) is 0.728. The molecule has 0 amide bonds. The number of fused-ring (bicyclic) bond motifs is 1.